The Morgan fingerprint density at radius 2 is 1.91 bits per heavy atom. The van der Waals surface area contributed by atoms with E-state index in [2.05, 4.69) is 43.2 Å². The van der Waals surface area contributed by atoms with Crippen molar-refractivity contribution in [3.8, 4) is 0 Å². The second kappa shape index (κ2) is 8.22. The molecule has 2 aromatic rings. The highest BCUT2D eigenvalue weighted by Gasteiger charge is 2.13. The first-order valence-electron chi connectivity index (χ1n) is 8.09. The Morgan fingerprint density at radius 1 is 1.26 bits per heavy atom. The number of carbonyl (C=O) groups excluding carboxylic acids is 1. The SMILES string of the molecule is CCCc1ncc(C(=O)NCC(N)c2ccc(C(C)C)cc2)s1. The van der Waals surface area contributed by atoms with E-state index in [9.17, 15) is 4.79 Å². The van der Waals surface area contributed by atoms with Crippen LogP contribution < -0.4 is 11.1 Å². The summed E-state index contributed by atoms with van der Waals surface area (Å²) >= 11 is 1.45. The first-order chi connectivity index (χ1) is 11.0. The maximum absolute atomic E-state index is 12.1. The van der Waals surface area contributed by atoms with E-state index < -0.39 is 0 Å². The van der Waals surface area contributed by atoms with Gasteiger partial charge in [-0.05, 0) is 29.9 Å². The number of carbonyl (C=O) groups is 1. The number of nitrogens with one attached hydrogen (secondary N) is 1. The van der Waals surface area contributed by atoms with Gasteiger partial charge in [0, 0.05) is 12.6 Å². The van der Waals surface area contributed by atoms with Gasteiger partial charge in [-0.2, -0.15) is 0 Å². The molecule has 2 rings (SSSR count). The summed E-state index contributed by atoms with van der Waals surface area (Å²) < 4.78 is 0. The molecule has 3 N–H and O–H groups in total. The molecular weight excluding hydrogens is 306 g/mol. The normalized spacial score (nSPS) is 12.4. The van der Waals surface area contributed by atoms with Crippen LogP contribution in [0.25, 0.3) is 0 Å². The maximum Gasteiger partial charge on any atom is 0.263 e. The van der Waals surface area contributed by atoms with Gasteiger partial charge in [0.05, 0.1) is 11.2 Å². The summed E-state index contributed by atoms with van der Waals surface area (Å²) in [5.41, 5.74) is 8.50. The number of nitrogens with zero attached hydrogens (tertiary/aromatic N) is 1. The molecule has 4 nitrogen and oxygen atoms in total. The number of amides is 1. The van der Waals surface area contributed by atoms with Crippen LogP contribution in [0.1, 0.15) is 65.0 Å². The summed E-state index contributed by atoms with van der Waals surface area (Å²) in [6, 6.07) is 8.07. The van der Waals surface area contributed by atoms with Crippen molar-refractivity contribution in [3.63, 3.8) is 0 Å². The summed E-state index contributed by atoms with van der Waals surface area (Å²) in [6.07, 6.45) is 3.60. The Kier molecular flexibility index (Phi) is 6.30. The molecule has 1 aromatic carbocycles. The second-order valence-electron chi connectivity index (χ2n) is 6.01. The fourth-order valence-electron chi connectivity index (χ4n) is 2.28. The smallest absolute Gasteiger partial charge is 0.263 e. The van der Waals surface area contributed by atoms with Crippen molar-refractivity contribution in [2.75, 3.05) is 6.54 Å². The summed E-state index contributed by atoms with van der Waals surface area (Å²) in [5.74, 6) is 0.405. The third kappa shape index (κ3) is 4.88. The molecule has 1 heterocycles. The lowest BCUT2D eigenvalue weighted by molar-refractivity contribution is 0.0955. The van der Waals surface area contributed by atoms with Gasteiger partial charge in [-0.3, -0.25) is 4.79 Å². The van der Waals surface area contributed by atoms with Crippen LogP contribution in [0.3, 0.4) is 0 Å². The standard InChI is InChI=1S/C18H25N3OS/c1-4-5-17-20-11-16(23-17)18(22)21-10-15(19)14-8-6-13(7-9-14)12(2)3/h6-9,11-12,15H,4-5,10,19H2,1-3H3,(H,21,22). The van der Waals surface area contributed by atoms with Crippen molar-refractivity contribution >= 4 is 17.2 Å². The molecule has 5 heteroatoms. The zero-order chi connectivity index (χ0) is 16.8. The fourth-order valence-corrected chi connectivity index (χ4v) is 3.22. The molecule has 1 unspecified atom stereocenters. The second-order valence-corrected chi connectivity index (χ2v) is 7.12. The molecule has 0 radical (unpaired) electrons. The number of nitrogens with two attached hydrogens (primary N) is 1. The third-order valence-electron chi connectivity index (χ3n) is 3.76. The number of hydrogen-bond donors (Lipinski definition) is 2. The first kappa shape index (κ1) is 17.6. The van der Waals surface area contributed by atoms with Gasteiger partial charge in [-0.1, -0.05) is 45.0 Å². The molecule has 0 aliphatic rings. The quantitative estimate of drug-likeness (QED) is 0.814. The molecule has 0 aliphatic heterocycles. The van der Waals surface area contributed by atoms with Gasteiger partial charge in [0.2, 0.25) is 0 Å². The Hall–Kier alpha value is -1.72. The Labute approximate surface area is 142 Å². The van der Waals surface area contributed by atoms with Crippen LogP contribution in [0.2, 0.25) is 0 Å². The topological polar surface area (TPSA) is 68.0 Å². The molecule has 0 saturated heterocycles. The van der Waals surface area contributed by atoms with Crippen molar-refractivity contribution < 1.29 is 4.79 Å². The largest absolute Gasteiger partial charge is 0.349 e. The van der Waals surface area contributed by atoms with E-state index in [0.29, 0.717) is 17.3 Å². The van der Waals surface area contributed by atoms with Crippen molar-refractivity contribution in [1.29, 1.82) is 0 Å². The minimum atomic E-state index is -0.205. The zero-order valence-corrected chi connectivity index (χ0v) is 14.8. The molecule has 124 valence electrons. The van der Waals surface area contributed by atoms with Gasteiger partial charge in [-0.15, -0.1) is 11.3 Å². The molecule has 1 atom stereocenters. The summed E-state index contributed by atoms with van der Waals surface area (Å²) in [6.45, 7) is 6.85. The third-order valence-corrected chi connectivity index (χ3v) is 4.81. The molecular formula is C18H25N3OS. The van der Waals surface area contributed by atoms with Crippen molar-refractivity contribution in [3.05, 3.63) is 51.5 Å². The van der Waals surface area contributed by atoms with E-state index in [0.717, 1.165) is 23.4 Å². The Morgan fingerprint density at radius 3 is 2.52 bits per heavy atom. The Balaban J connectivity index is 1.89. The predicted molar refractivity (Wildman–Crippen MR) is 95.9 cm³/mol. The van der Waals surface area contributed by atoms with E-state index >= 15 is 0 Å². The highest BCUT2D eigenvalue weighted by Crippen LogP contribution is 2.18. The Bertz CT molecular complexity index is 634. The average Bonchev–Trinajstić information content (AvgIpc) is 3.01. The molecule has 0 aliphatic carbocycles. The van der Waals surface area contributed by atoms with Gasteiger partial charge in [0.15, 0.2) is 0 Å². The number of hydrogen-bond acceptors (Lipinski definition) is 4. The molecule has 1 aromatic heterocycles. The zero-order valence-electron chi connectivity index (χ0n) is 14.0. The number of benzene rings is 1. The maximum atomic E-state index is 12.1. The van der Waals surface area contributed by atoms with Crippen LogP contribution in [0.5, 0.6) is 0 Å². The number of aromatic nitrogens is 1. The highest BCUT2D eigenvalue weighted by atomic mass is 32.1. The van der Waals surface area contributed by atoms with Gasteiger partial charge in [0.1, 0.15) is 4.88 Å². The van der Waals surface area contributed by atoms with E-state index in [1.165, 1.54) is 16.9 Å². The van der Waals surface area contributed by atoms with Crippen LogP contribution in [-0.4, -0.2) is 17.4 Å². The lowest BCUT2D eigenvalue weighted by atomic mass is 9.99. The van der Waals surface area contributed by atoms with Gasteiger partial charge >= 0.3 is 0 Å². The van der Waals surface area contributed by atoms with E-state index in [1.54, 1.807) is 6.20 Å². The van der Waals surface area contributed by atoms with Crippen molar-refractivity contribution in [2.24, 2.45) is 5.73 Å². The minimum Gasteiger partial charge on any atom is -0.349 e. The van der Waals surface area contributed by atoms with Crippen LogP contribution >= 0.6 is 11.3 Å². The van der Waals surface area contributed by atoms with Crippen LogP contribution in [0.15, 0.2) is 30.5 Å². The van der Waals surface area contributed by atoms with Crippen LogP contribution in [0, 0.1) is 0 Å². The summed E-state index contributed by atoms with van der Waals surface area (Å²) in [4.78, 5) is 17.1. The lowest BCUT2D eigenvalue weighted by Gasteiger charge is -2.14. The minimum absolute atomic E-state index is 0.0981. The number of rotatable bonds is 7. The summed E-state index contributed by atoms with van der Waals surface area (Å²) in [5, 5.41) is 3.90. The first-order valence-corrected chi connectivity index (χ1v) is 8.91. The van der Waals surface area contributed by atoms with Gasteiger partial charge in [-0.25, -0.2) is 4.98 Å². The molecule has 23 heavy (non-hydrogen) atoms. The van der Waals surface area contributed by atoms with Gasteiger partial charge in [0.25, 0.3) is 5.91 Å². The highest BCUT2D eigenvalue weighted by molar-refractivity contribution is 7.13. The predicted octanol–water partition coefficient (Wildman–Crippen LogP) is 3.65. The average molecular weight is 331 g/mol. The van der Waals surface area contributed by atoms with Crippen LogP contribution in [0.4, 0.5) is 0 Å². The van der Waals surface area contributed by atoms with Crippen molar-refractivity contribution in [2.45, 2.75) is 45.6 Å². The van der Waals surface area contributed by atoms with E-state index in [1.807, 2.05) is 12.1 Å². The molecule has 0 saturated carbocycles. The molecule has 0 bridgehead atoms. The molecule has 0 spiro atoms. The van der Waals surface area contributed by atoms with E-state index in [4.69, 9.17) is 5.73 Å². The van der Waals surface area contributed by atoms with Crippen molar-refractivity contribution in [1.82, 2.24) is 10.3 Å². The number of aryl methyl sites for hydroxylation is 1. The molecule has 0 fully saturated rings. The van der Waals surface area contributed by atoms with Crippen LogP contribution in [-0.2, 0) is 6.42 Å². The molecule has 1 amide bonds. The summed E-state index contributed by atoms with van der Waals surface area (Å²) in [7, 11) is 0. The lowest BCUT2D eigenvalue weighted by Crippen LogP contribution is -2.31. The van der Waals surface area contributed by atoms with E-state index in [-0.39, 0.29) is 11.9 Å². The monoisotopic (exact) mass is 331 g/mol. The fraction of sp³-hybridized carbons (Fsp3) is 0.444. The van der Waals surface area contributed by atoms with Gasteiger partial charge < -0.3 is 11.1 Å². The number of thiazole rings is 1.